The standard InChI is InChI=1S/C10H8BrClOS/c11-9-3-6(5-13)7-1-2-14-10(7)8(9)4-12/h1-3,13H,4-5H2. The van der Waals surface area contributed by atoms with Crippen molar-refractivity contribution in [3.05, 3.63) is 33.1 Å². The minimum Gasteiger partial charge on any atom is -0.392 e. The molecule has 0 radical (unpaired) electrons. The Kier molecular flexibility index (Phi) is 3.12. The number of aliphatic hydroxyl groups excluding tert-OH is 1. The van der Waals surface area contributed by atoms with E-state index >= 15 is 0 Å². The lowest BCUT2D eigenvalue weighted by Gasteiger charge is -2.06. The molecule has 0 fully saturated rings. The van der Waals surface area contributed by atoms with Gasteiger partial charge in [-0.1, -0.05) is 15.9 Å². The third-order valence-corrected chi connectivity index (χ3v) is 4.13. The smallest absolute Gasteiger partial charge is 0.0688 e. The molecular formula is C10H8BrClOS. The number of hydrogen-bond acceptors (Lipinski definition) is 2. The van der Waals surface area contributed by atoms with Crippen LogP contribution in [0, 0.1) is 0 Å². The molecule has 0 amide bonds. The van der Waals surface area contributed by atoms with Crippen LogP contribution in [0.1, 0.15) is 11.1 Å². The summed E-state index contributed by atoms with van der Waals surface area (Å²) in [6.07, 6.45) is 0. The van der Waals surface area contributed by atoms with E-state index in [9.17, 15) is 5.11 Å². The average molecular weight is 292 g/mol. The van der Waals surface area contributed by atoms with Crippen molar-refractivity contribution in [2.45, 2.75) is 12.5 Å². The van der Waals surface area contributed by atoms with Crippen LogP contribution < -0.4 is 0 Å². The van der Waals surface area contributed by atoms with Crippen LogP contribution >= 0.6 is 38.9 Å². The minimum atomic E-state index is 0.0639. The zero-order chi connectivity index (χ0) is 10.1. The molecule has 0 atom stereocenters. The second-order valence-corrected chi connectivity index (χ2v) is 4.99. The quantitative estimate of drug-likeness (QED) is 0.832. The zero-order valence-corrected chi connectivity index (χ0v) is 10.4. The average Bonchev–Trinajstić information content (AvgIpc) is 2.65. The topological polar surface area (TPSA) is 20.2 Å². The highest BCUT2D eigenvalue weighted by Crippen LogP contribution is 2.34. The van der Waals surface area contributed by atoms with Crippen LogP contribution in [0.3, 0.4) is 0 Å². The summed E-state index contributed by atoms with van der Waals surface area (Å²) < 4.78 is 2.14. The highest BCUT2D eigenvalue weighted by molar-refractivity contribution is 9.10. The Labute approximate surface area is 99.4 Å². The van der Waals surface area contributed by atoms with Crippen LogP contribution in [0.25, 0.3) is 10.1 Å². The maximum Gasteiger partial charge on any atom is 0.0688 e. The maximum atomic E-state index is 9.19. The molecule has 1 heterocycles. The molecule has 14 heavy (non-hydrogen) atoms. The molecule has 0 spiro atoms. The van der Waals surface area contributed by atoms with Gasteiger partial charge in [0.2, 0.25) is 0 Å². The summed E-state index contributed by atoms with van der Waals surface area (Å²) in [5.74, 6) is 0.489. The maximum absolute atomic E-state index is 9.19. The molecule has 1 N–H and O–H groups in total. The number of rotatable bonds is 2. The van der Waals surface area contributed by atoms with E-state index in [2.05, 4.69) is 15.9 Å². The number of hydrogen-bond donors (Lipinski definition) is 1. The Morgan fingerprint density at radius 3 is 2.93 bits per heavy atom. The van der Waals surface area contributed by atoms with E-state index in [-0.39, 0.29) is 6.61 Å². The van der Waals surface area contributed by atoms with E-state index in [1.165, 1.54) is 4.70 Å². The molecule has 2 rings (SSSR count). The van der Waals surface area contributed by atoms with Gasteiger partial charge in [-0.25, -0.2) is 0 Å². The largest absolute Gasteiger partial charge is 0.392 e. The number of benzene rings is 1. The van der Waals surface area contributed by atoms with Gasteiger partial charge in [0.1, 0.15) is 0 Å². The molecule has 4 heteroatoms. The zero-order valence-electron chi connectivity index (χ0n) is 7.26. The van der Waals surface area contributed by atoms with E-state index in [4.69, 9.17) is 11.6 Å². The first-order chi connectivity index (χ1) is 6.77. The number of thiophene rings is 1. The molecule has 74 valence electrons. The van der Waals surface area contributed by atoms with Gasteiger partial charge in [-0.05, 0) is 34.0 Å². The summed E-state index contributed by atoms with van der Waals surface area (Å²) in [5, 5.41) is 12.3. The molecular weight excluding hydrogens is 284 g/mol. The van der Waals surface area contributed by atoms with Crippen molar-refractivity contribution >= 4 is 49.0 Å². The lowest BCUT2D eigenvalue weighted by molar-refractivity contribution is 0.283. The van der Waals surface area contributed by atoms with Crippen LogP contribution in [0.4, 0.5) is 0 Å². The lowest BCUT2D eigenvalue weighted by Crippen LogP contribution is -1.88. The Balaban J connectivity index is 2.81. The predicted octanol–water partition coefficient (Wildman–Crippen LogP) is 3.89. The lowest BCUT2D eigenvalue weighted by atomic mass is 10.1. The number of fused-ring (bicyclic) bond motifs is 1. The third kappa shape index (κ3) is 1.58. The second kappa shape index (κ2) is 4.19. The van der Waals surface area contributed by atoms with Crippen molar-refractivity contribution in [2.24, 2.45) is 0 Å². The van der Waals surface area contributed by atoms with E-state index in [0.717, 1.165) is 21.0 Å². The van der Waals surface area contributed by atoms with Crippen molar-refractivity contribution in [3.63, 3.8) is 0 Å². The van der Waals surface area contributed by atoms with E-state index in [1.54, 1.807) is 11.3 Å². The number of aliphatic hydroxyl groups is 1. The van der Waals surface area contributed by atoms with Crippen molar-refractivity contribution in [3.8, 4) is 0 Å². The first-order valence-corrected chi connectivity index (χ1v) is 6.33. The molecule has 1 aromatic heterocycles. The molecule has 0 aliphatic rings. The molecule has 0 bridgehead atoms. The monoisotopic (exact) mass is 290 g/mol. The van der Waals surface area contributed by atoms with Gasteiger partial charge in [0.25, 0.3) is 0 Å². The summed E-state index contributed by atoms with van der Waals surface area (Å²) in [7, 11) is 0. The predicted molar refractivity (Wildman–Crippen MR) is 65.0 cm³/mol. The summed E-state index contributed by atoms with van der Waals surface area (Å²) in [6, 6.07) is 3.96. The van der Waals surface area contributed by atoms with Crippen molar-refractivity contribution in [2.75, 3.05) is 0 Å². The molecule has 0 aliphatic carbocycles. The van der Waals surface area contributed by atoms with Crippen LogP contribution in [-0.4, -0.2) is 5.11 Å². The van der Waals surface area contributed by atoms with Crippen LogP contribution in [0.15, 0.2) is 22.0 Å². The highest BCUT2D eigenvalue weighted by Gasteiger charge is 2.10. The minimum absolute atomic E-state index is 0.0639. The van der Waals surface area contributed by atoms with E-state index in [0.29, 0.717) is 5.88 Å². The van der Waals surface area contributed by atoms with Gasteiger partial charge in [0.05, 0.1) is 6.61 Å². The Bertz CT molecular complexity index is 466. The van der Waals surface area contributed by atoms with Gasteiger partial charge in [0, 0.05) is 15.1 Å². The normalized spacial score (nSPS) is 11.1. The summed E-state index contributed by atoms with van der Waals surface area (Å²) in [5.41, 5.74) is 2.05. The summed E-state index contributed by atoms with van der Waals surface area (Å²) in [6.45, 7) is 0.0639. The fourth-order valence-corrected chi connectivity index (χ4v) is 3.73. The van der Waals surface area contributed by atoms with Gasteiger partial charge in [0.15, 0.2) is 0 Å². The van der Waals surface area contributed by atoms with Crippen molar-refractivity contribution in [1.82, 2.24) is 0 Å². The Hall–Kier alpha value is -0.0900. The van der Waals surface area contributed by atoms with Gasteiger partial charge in [-0.2, -0.15) is 0 Å². The molecule has 2 aromatic rings. The molecule has 0 aliphatic heterocycles. The van der Waals surface area contributed by atoms with Crippen LogP contribution in [0.2, 0.25) is 0 Å². The molecule has 1 nitrogen and oxygen atoms in total. The van der Waals surface area contributed by atoms with E-state index in [1.807, 2.05) is 17.5 Å². The SMILES string of the molecule is OCc1cc(Br)c(CCl)c2sccc12. The first kappa shape index (κ1) is 10.4. The summed E-state index contributed by atoms with van der Waals surface area (Å²) >= 11 is 11.0. The van der Waals surface area contributed by atoms with E-state index < -0.39 is 0 Å². The van der Waals surface area contributed by atoms with Crippen molar-refractivity contribution < 1.29 is 5.11 Å². The van der Waals surface area contributed by atoms with Crippen molar-refractivity contribution in [1.29, 1.82) is 0 Å². The highest BCUT2D eigenvalue weighted by atomic mass is 79.9. The fraction of sp³-hybridized carbons (Fsp3) is 0.200. The van der Waals surface area contributed by atoms with Gasteiger partial charge < -0.3 is 5.11 Å². The van der Waals surface area contributed by atoms with Gasteiger partial charge >= 0.3 is 0 Å². The number of alkyl halides is 1. The van der Waals surface area contributed by atoms with Gasteiger partial charge in [-0.15, -0.1) is 22.9 Å². The fourth-order valence-electron chi connectivity index (χ4n) is 1.48. The van der Waals surface area contributed by atoms with Crippen LogP contribution in [0.5, 0.6) is 0 Å². The summed E-state index contributed by atoms with van der Waals surface area (Å²) in [4.78, 5) is 0. The van der Waals surface area contributed by atoms with Gasteiger partial charge in [-0.3, -0.25) is 0 Å². The number of halogens is 2. The first-order valence-electron chi connectivity index (χ1n) is 4.12. The molecule has 0 saturated heterocycles. The Morgan fingerprint density at radius 2 is 2.29 bits per heavy atom. The Morgan fingerprint density at radius 1 is 1.50 bits per heavy atom. The third-order valence-electron chi connectivity index (χ3n) is 2.18. The second-order valence-electron chi connectivity index (χ2n) is 2.95. The molecule has 0 saturated carbocycles. The molecule has 1 aromatic carbocycles. The van der Waals surface area contributed by atoms with Crippen LogP contribution in [-0.2, 0) is 12.5 Å². The molecule has 0 unspecified atom stereocenters.